The molecule has 0 radical (unpaired) electrons. The van der Waals surface area contributed by atoms with E-state index < -0.39 is 0 Å². The molecule has 136 valence electrons. The molecule has 0 fully saturated rings. The van der Waals surface area contributed by atoms with Crippen molar-refractivity contribution in [3.8, 4) is 28.1 Å². The zero-order valence-corrected chi connectivity index (χ0v) is 16.4. The molecule has 2 heterocycles. The van der Waals surface area contributed by atoms with Gasteiger partial charge in [0.2, 0.25) is 0 Å². The van der Waals surface area contributed by atoms with Crippen molar-refractivity contribution in [2.45, 2.75) is 0 Å². The van der Waals surface area contributed by atoms with E-state index in [-0.39, 0.29) is 0 Å². The third-order valence-electron chi connectivity index (χ3n) is 4.31. The Balaban J connectivity index is 1.96. The van der Waals surface area contributed by atoms with E-state index >= 15 is 0 Å². The van der Waals surface area contributed by atoms with Crippen molar-refractivity contribution in [2.75, 3.05) is 20.3 Å². The second-order valence-corrected chi connectivity index (χ2v) is 7.27. The minimum Gasteiger partial charge on any atom is -0.491 e. The highest BCUT2D eigenvalue weighted by Crippen LogP contribution is 2.44. The molecule has 0 saturated heterocycles. The van der Waals surface area contributed by atoms with Crippen LogP contribution >= 0.6 is 22.9 Å². The molecule has 0 unspecified atom stereocenters. The van der Waals surface area contributed by atoms with E-state index in [1.165, 1.54) is 0 Å². The summed E-state index contributed by atoms with van der Waals surface area (Å²) in [7, 11) is 1.67. The monoisotopic (exact) mass is 395 g/mol. The Hall–Kier alpha value is -2.40. The van der Waals surface area contributed by atoms with Crippen LogP contribution in [-0.4, -0.2) is 25.3 Å². The first-order valence-corrected chi connectivity index (χ1v) is 9.88. The van der Waals surface area contributed by atoms with Crippen molar-refractivity contribution < 1.29 is 9.47 Å². The Morgan fingerprint density at radius 2 is 1.74 bits per heavy atom. The molecule has 4 aromatic rings. The summed E-state index contributed by atoms with van der Waals surface area (Å²) in [5.74, 6) is 0.811. The van der Waals surface area contributed by atoms with Crippen LogP contribution in [0.15, 0.2) is 66.0 Å². The van der Waals surface area contributed by atoms with Crippen molar-refractivity contribution in [1.82, 2.24) is 4.98 Å². The number of methoxy groups -OCH3 is 1. The van der Waals surface area contributed by atoms with E-state index in [1.807, 2.05) is 47.8 Å². The minimum absolute atomic E-state index is 0.489. The summed E-state index contributed by atoms with van der Waals surface area (Å²) in [5, 5.41) is 3.53. The number of hydrogen-bond acceptors (Lipinski definition) is 4. The van der Waals surface area contributed by atoms with Crippen molar-refractivity contribution in [1.29, 1.82) is 0 Å². The molecule has 2 aromatic heterocycles. The zero-order valence-electron chi connectivity index (χ0n) is 14.8. The van der Waals surface area contributed by atoms with Gasteiger partial charge in [-0.2, -0.15) is 0 Å². The van der Waals surface area contributed by atoms with Gasteiger partial charge in [-0.1, -0.05) is 60.1 Å². The van der Waals surface area contributed by atoms with E-state index in [9.17, 15) is 0 Å². The van der Waals surface area contributed by atoms with Crippen LogP contribution in [0.3, 0.4) is 0 Å². The third kappa shape index (κ3) is 3.56. The van der Waals surface area contributed by atoms with Crippen molar-refractivity contribution in [3.63, 3.8) is 0 Å². The lowest BCUT2D eigenvalue weighted by atomic mass is 9.97. The number of rotatable bonds is 6. The number of halogens is 1. The molecule has 5 heteroatoms. The lowest BCUT2D eigenvalue weighted by molar-refractivity contribution is 0.146. The first-order chi connectivity index (χ1) is 13.3. The lowest BCUT2D eigenvalue weighted by Crippen LogP contribution is -2.05. The van der Waals surface area contributed by atoms with Crippen LogP contribution in [0.1, 0.15) is 0 Å². The van der Waals surface area contributed by atoms with Crippen molar-refractivity contribution in [3.05, 3.63) is 71.2 Å². The van der Waals surface area contributed by atoms with Crippen LogP contribution in [-0.2, 0) is 4.74 Å². The van der Waals surface area contributed by atoms with E-state index in [4.69, 9.17) is 26.1 Å². The zero-order chi connectivity index (χ0) is 18.6. The van der Waals surface area contributed by atoms with Gasteiger partial charge in [0.1, 0.15) is 17.5 Å². The first-order valence-electron chi connectivity index (χ1n) is 8.63. The molecule has 0 spiro atoms. The molecular formula is C22H18ClNO2S. The maximum absolute atomic E-state index is 6.50. The molecule has 0 bridgehead atoms. The Morgan fingerprint density at radius 1 is 0.963 bits per heavy atom. The van der Waals surface area contributed by atoms with E-state index in [2.05, 4.69) is 18.2 Å². The van der Waals surface area contributed by atoms with Gasteiger partial charge >= 0.3 is 0 Å². The predicted octanol–water partition coefficient (Wildman–Crippen LogP) is 6.31. The largest absolute Gasteiger partial charge is 0.491 e. The summed E-state index contributed by atoms with van der Waals surface area (Å²) in [6, 6.07) is 20.2. The van der Waals surface area contributed by atoms with Crippen LogP contribution in [0, 0.1) is 0 Å². The van der Waals surface area contributed by atoms with Crippen molar-refractivity contribution in [2.24, 2.45) is 0 Å². The standard InChI is InChI=1S/C22H18ClNO2S/c1-25-12-13-26-18-10-6-5-9-16(18)19-20(15-7-3-2-4-8-15)24-22(23)17-11-14-27-21(17)19/h2-11,14H,12-13H2,1H3. The second-order valence-electron chi connectivity index (χ2n) is 5.99. The van der Waals surface area contributed by atoms with Gasteiger partial charge in [-0.25, -0.2) is 4.98 Å². The molecule has 0 aliphatic carbocycles. The van der Waals surface area contributed by atoms with E-state index in [0.29, 0.717) is 18.4 Å². The quantitative estimate of drug-likeness (QED) is 0.283. The molecule has 0 saturated carbocycles. The molecule has 0 amide bonds. The smallest absolute Gasteiger partial charge is 0.138 e. The number of hydrogen-bond donors (Lipinski definition) is 0. The number of pyridine rings is 1. The normalized spacial score (nSPS) is 11.0. The highest BCUT2D eigenvalue weighted by atomic mass is 35.5. The Morgan fingerprint density at radius 3 is 2.56 bits per heavy atom. The number of fused-ring (bicyclic) bond motifs is 1. The van der Waals surface area contributed by atoms with Gasteiger partial charge in [0, 0.05) is 33.9 Å². The minimum atomic E-state index is 0.489. The fourth-order valence-electron chi connectivity index (χ4n) is 3.08. The number of nitrogens with zero attached hydrogens (tertiary/aromatic N) is 1. The first kappa shape index (κ1) is 18.0. The highest BCUT2D eigenvalue weighted by Gasteiger charge is 2.20. The Labute approximate surface area is 167 Å². The van der Waals surface area contributed by atoms with Crippen LogP contribution in [0.25, 0.3) is 32.5 Å². The average molecular weight is 396 g/mol. The summed E-state index contributed by atoms with van der Waals surface area (Å²) in [4.78, 5) is 4.75. The third-order valence-corrected chi connectivity index (χ3v) is 5.53. The van der Waals surface area contributed by atoms with Crippen LogP contribution in [0.5, 0.6) is 5.75 Å². The van der Waals surface area contributed by atoms with Gasteiger partial charge in [0.05, 0.1) is 12.3 Å². The summed E-state index contributed by atoms with van der Waals surface area (Å²) < 4.78 is 12.2. The number of thiophene rings is 1. The SMILES string of the molecule is COCCOc1ccccc1-c1c(-c2ccccc2)nc(Cl)c2ccsc12. The van der Waals surface area contributed by atoms with Crippen molar-refractivity contribution >= 4 is 33.0 Å². The summed E-state index contributed by atoms with van der Waals surface area (Å²) >= 11 is 8.17. The van der Waals surface area contributed by atoms with Gasteiger partial charge < -0.3 is 9.47 Å². The second kappa shape index (κ2) is 8.09. The van der Waals surface area contributed by atoms with E-state index in [1.54, 1.807) is 18.4 Å². The topological polar surface area (TPSA) is 31.4 Å². The number of benzene rings is 2. The Bertz CT molecular complexity index is 1060. The maximum Gasteiger partial charge on any atom is 0.138 e. The molecular weight excluding hydrogens is 378 g/mol. The van der Waals surface area contributed by atoms with Gasteiger partial charge in [-0.15, -0.1) is 11.3 Å². The number of para-hydroxylation sites is 1. The maximum atomic E-state index is 6.50. The van der Waals surface area contributed by atoms with Gasteiger partial charge in [-0.05, 0) is 17.5 Å². The summed E-state index contributed by atoms with van der Waals surface area (Å²) in [6.07, 6.45) is 0. The molecule has 3 nitrogen and oxygen atoms in total. The molecule has 0 N–H and O–H groups in total. The molecule has 4 rings (SSSR count). The van der Waals surface area contributed by atoms with Crippen LogP contribution < -0.4 is 4.74 Å². The van der Waals surface area contributed by atoms with Gasteiger partial charge in [0.15, 0.2) is 0 Å². The van der Waals surface area contributed by atoms with Crippen LogP contribution in [0.2, 0.25) is 5.15 Å². The summed E-state index contributed by atoms with van der Waals surface area (Å²) in [6.45, 7) is 1.02. The van der Waals surface area contributed by atoms with Gasteiger partial charge in [-0.3, -0.25) is 0 Å². The molecule has 27 heavy (non-hydrogen) atoms. The fourth-order valence-corrected chi connectivity index (χ4v) is 4.33. The average Bonchev–Trinajstić information content (AvgIpc) is 3.20. The van der Waals surface area contributed by atoms with E-state index in [0.717, 1.165) is 38.2 Å². The molecule has 2 aromatic carbocycles. The fraction of sp³-hybridized carbons (Fsp3) is 0.136. The molecule has 0 aliphatic heterocycles. The lowest BCUT2D eigenvalue weighted by Gasteiger charge is -2.16. The predicted molar refractivity (Wildman–Crippen MR) is 113 cm³/mol. The molecule has 0 aliphatic rings. The Kier molecular flexibility index (Phi) is 5.39. The number of ether oxygens (including phenoxy) is 2. The summed E-state index contributed by atoms with van der Waals surface area (Å²) in [5.41, 5.74) is 3.93. The van der Waals surface area contributed by atoms with Gasteiger partial charge in [0.25, 0.3) is 0 Å². The van der Waals surface area contributed by atoms with Crippen LogP contribution in [0.4, 0.5) is 0 Å². The number of aromatic nitrogens is 1. The highest BCUT2D eigenvalue weighted by molar-refractivity contribution is 7.18. The molecule has 0 atom stereocenters.